The molecule has 46 valence electrons. The van der Waals surface area contributed by atoms with E-state index in [1.165, 1.54) is 0 Å². The predicted octanol–water partition coefficient (Wildman–Crippen LogP) is 0.316. The lowest BCUT2D eigenvalue weighted by Gasteiger charge is -1.93. The Bertz CT molecular complexity index is 88.0. The number of hydrogen-bond donors (Lipinski definition) is 0. The minimum Gasteiger partial charge on any atom is -0.434 e. The average molecular weight is 118 g/mol. The fourth-order valence-electron chi connectivity index (χ4n) is 0.191. The number of carbonyl (C=O) groups is 2. The van der Waals surface area contributed by atoms with Crippen LogP contribution in [0.5, 0.6) is 0 Å². The summed E-state index contributed by atoms with van der Waals surface area (Å²) in [4.78, 5) is 19.3. The third kappa shape index (κ3) is 3.14. The molecule has 0 aromatic heterocycles. The van der Waals surface area contributed by atoms with Gasteiger partial charge >= 0.3 is 12.6 Å². The Morgan fingerprint density at radius 2 is 2.38 bits per heavy atom. The minimum absolute atomic E-state index is 0.0258. The molecule has 4 nitrogen and oxygen atoms in total. The molecule has 0 unspecified atom stereocenters. The van der Waals surface area contributed by atoms with Crippen LogP contribution in [-0.2, 0) is 14.3 Å². The summed E-state index contributed by atoms with van der Waals surface area (Å²) in [6.45, 7) is 1.86. The Morgan fingerprint density at radius 3 is 2.75 bits per heavy atom. The molecule has 0 heterocycles. The Balaban J connectivity index is 3.18. The fraction of sp³-hybridized carbons (Fsp3) is 0.500. The van der Waals surface area contributed by atoms with Crippen LogP contribution in [-0.4, -0.2) is 19.2 Å². The van der Waals surface area contributed by atoms with Crippen LogP contribution >= 0.6 is 0 Å². The molecule has 0 bridgehead atoms. The lowest BCUT2D eigenvalue weighted by molar-refractivity contribution is -0.125. The van der Waals surface area contributed by atoms with E-state index in [0.717, 1.165) is 0 Å². The molecule has 0 N–H and O–H groups in total. The molecule has 0 radical (unpaired) electrons. The van der Waals surface area contributed by atoms with Crippen LogP contribution in [0, 0.1) is 0 Å². The number of carbonyl (C=O) groups excluding carboxylic acids is 2. The Kier molecular flexibility index (Phi) is 3.56. The molecule has 0 saturated carbocycles. The molecule has 4 heteroatoms. The van der Waals surface area contributed by atoms with E-state index in [-0.39, 0.29) is 13.1 Å². The lowest BCUT2D eigenvalue weighted by atomic mass is 10.9. The van der Waals surface area contributed by atoms with Gasteiger partial charge in [0, 0.05) is 0 Å². The Hall–Kier alpha value is -1.06. The highest BCUT2D eigenvalue weighted by molar-refractivity contribution is 5.69. The molecule has 0 atom stereocenters. The van der Waals surface area contributed by atoms with Crippen molar-refractivity contribution in [3.8, 4) is 0 Å². The van der Waals surface area contributed by atoms with Crippen molar-refractivity contribution in [1.29, 1.82) is 0 Å². The predicted molar refractivity (Wildman–Crippen MR) is 24.2 cm³/mol. The summed E-state index contributed by atoms with van der Waals surface area (Å²) in [5.74, 6) is 0. The highest BCUT2D eigenvalue weighted by atomic mass is 16.7. The van der Waals surface area contributed by atoms with Crippen molar-refractivity contribution in [2.45, 2.75) is 6.92 Å². The van der Waals surface area contributed by atoms with Crippen molar-refractivity contribution < 1.29 is 19.1 Å². The zero-order valence-corrected chi connectivity index (χ0v) is 4.42. The minimum atomic E-state index is -0.956. The van der Waals surface area contributed by atoms with Gasteiger partial charge in [0.2, 0.25) is 0 Å². The molecule has 0 aromatic carbocycles. The molecule has 0 amide bonds. The van der Waals surface area contributed by atoms with E-state index in [1.54, 1.807) is 6.92 Å². The molecule has 0 aliphatic carbocycles. The monoisotopic (exact) mass is 118 g/mol. The van der Waals surface area contributed by atoms with E-state index in [4.69, 9.17) is 0 Å². The first-order valence-electron chi connectivity index (χ1n) is 2.08. The zero-order valence-electron chi connectivity index (χ0n) is 4.42. The van der Waals surface area contributed by atoms with Crippen molar-refractivity contribution in [3.05, 3.63) is 0 Å². The van der Waals surface area contributed by atoms with Gasteiger partial charge in [0.05, 0.1) is 6.61 Å². The van der Waals surface area contributed by atoms with Gasteiger partial charge in [-0.3, -0.25) is 4.79 Å². The summed E-state index contributed by atoms with van der Waals surface area (Å²) in [5, 5.41) is 0. The van der Waals surface area contributed by atoms with Crippen LogP contribution in [0.2, 0.25) is 0 Å². The summed E-state index contributed by atoms with van der Waals surface area (Å²) in [5.41, 5.74) is 0. The Labute approximate surface area is 46.4 Å². The van der Waals surface area contributed by atoms with Gasteiger partial charge in [-0.1, -0.05) is 0 Å². The van der Waals surface area contributed by atoms with Crippen LogP contribution in [0.4, 0.5) is 4.79 Å². The van der Waals surface area contributed by atoms with Gasteiger partial charge in [-0.25, -0.2) is 4.79 Å². The molecule has 0 aliphatic heterocycles. The third-order valence-corrected chi connectivity index (χ3v) is 0.407. The summed E-state index contributed by atoms with van der Waals surface area (Å²) >= 11 is 0. The van der Waals surface area contributed by atoms with Crippen molar-refractivity contribution >= 4 is 12.6 Å². The van der Waals surface area contributed by atoms with Crippen LogP contribution in [0.1, 0.15) is 6.92 Å². The van der Waals surface area contributed by atoms with Crippen molar-refractivity contribution in [2.75, 3.05) is 6.61 Å². The summed E-state index contributed by atoms with van der Waals surface area (Å²) < 4.78 is 7.93. The van der Waals surface area contributed by atoms with Crippen LogP contribution in [0.15, 0.2) is 0 Å². The van der Waals surface area contributed by atoms with Gasteiger partial charge in [0.15, 0.2) is 0 Å². The average Bonchev–Trinajstić information content (AvgIpc) is 1.68. The normalized spacial score (nSPS) is 7.62. The molecule has 8 heavy (non-hydrogen) atoms. The first-order valence-corrected chi connectivity index (χ1v) is 2.08. The summed E-state index contributed by atoms with van der Waals surface area (Å²) in [6.07, 6.45) is -0.956. The largest absolute Gasteiger partial charge is 0.515 e. The van der Waals surface area contributed by atoms with E-state index in [2.05, 4.69) is 9.47 Å². The number of rotatable bonds is 2. The maximum Gasteiger partial charge on any atom is 0.515 e. The van der Waals surface area contributed by atoms with Crippen LogP contribution in [0.3, 0.4) is 0 Å². The van der Waals surface area contributed by atoms with Gasteiger partial charge in [-0.05, 0) is 6.92 Å². The molecule has 0 aromatic rings. The van der Waals surface area contributed by atoms with Crippen LogP contribution < -0.4 is 0 Å². The van der Waals surface area contributed by atoms with Crippen LogP contribution in [0.25, 0.3) is 0 Å². The van der Waals surface area contributed by atoms with E-state index in [1.807, 2.05) is 0 Å². The first kappa shape index (κ1) is 6.94. The van der Waals surface area contributed by atoms with Crippen molar-refractivity contribution in [1.82, 2.24) is 0 Å². The molecule has 0 rings (SSSR count). The molecule has 0 spiro atoms. The second-order valence-electron chi connectivity index (χ2n) is 0.897. The second-order valence-corrected chi connectivity index (χ2v) is 0.897. The zero-order chi connectivity index (χ0) is 6.41. The van der Waals surface area contributed by atoms with Gasteiger partial charge < -0.3 is 9.47 Å². The number of hydrogen-bond acceptors (Lipinski definition) is 4. The van der Waals surface area contributed by atoms with E-state index in [0.29, 0.717) is 0 Å². The third-order valence-electron chi connectivity index (χ3n) is 0.407. The fourth-order valence-corrected chi connectivity index (χ4v) is 0.191. The highest BCUT2D eigenvalue weighted by Crippen LogP contribution is 1.78. The number of ether oxygens (including phenoxy) is 2. The Morgan fingerprint density at radius 1 is 1.75 bits per heavy atom. The quantitative estimate of drug-likeness (QED) is 0.297. The highest BCUT2D eigenvalue weighted by Gasteiger charge is 1.97. The SMILES string of the molecule is CCOC(=O)OC=O. The standard InChI is InChI=1S/C4H6O4/c1-2-7-4(6)8-3-5/h3H,2H2,1H3. The molecule has 0 fully saturated rings. The second kappa shape index (κ2) is 4.11. The molecular weight excluding hydrogens is 112 g/mol. The van der Waals surface area contributed by atoms with E-state index >= 15 is 0 Å². The molecule has 0 aliphatic rings. The van der Waals surface area contributed by atoms with Crippen molar-refractivity contribution in [3.63, 3.8) is 0 Å². The summed E-state index contributed by atoms with van der Waals surface area (Å²) in [6, 6.07) is 0. The van der Waals surface area contributed by atoms with Gasteiger partial charge in [0.1, 0.15) is 0 Å². The maximum absolute atomic E-state index is 9.97. The van der Waals surface area contributed by atoms with Crippen molar-refractivity contribution in [2.24, 2.45) is 0 Å². The van der Waals surface area contributed by atoms with E-state index < -0.39 is 6.16 Å². The smallest absolute Gasteiger partial charge is 0.434 e. The molecule has 0 saturated heterocycles. The lowest BCUT2D eigenvalue weighted by Crippen LogP contribution is -2.04. The topological polar surface area (TPSA) is 52.6 Å². The van der Waals surface area contributed by atoms with Gasteiger partial charge in [-0.2, -0.15) is 0 Å². The van der Waals surface area contributed by atoms with Gasteiger partial charge in [-0.15, -0.1) is 0 Å². The first-order chi connectivity index (χ1) is 3.81. The molecular formula is C4H6O4. The van der Waals surface area contributed by atoms with Gasteiger partial charge in [0.25, 0.3) is 0 Å². The maximum atomic E-state index is 9.97. The summed E-state index contributed by atoms with van der Waals surface area (Å²) in [7, 11) is 0. The van der Waals surface area contributed by atoms with E-state index in [9.17, 15) is 9.59 Å².